The van der Waals surface area contributed by atoms with Crippen LogP contribution in [0.2, 0.25) is 0 Å². The third kappa shape index (κ3) is 4.80. The molecule has 132 valence electrons. The molecule has 1 amide bonds. The molecule has 2 aromatic rings. The molecule has 2 N–H and O–H groups in total. The van der Waals surface area contributed by atoms with Gasteiger partial charge in [0.15, 0.2) is 0 Å². The minimum Gasteiger partial charge on any atom is -0.490 e. The van der Waals surface area contributed by atoms with Crippen molar-refractivity contribution in [3.05, 3.63) is 42.2 Å². The molecule has 0 bridgehead atoms. The van der Waals surface area contributed by atoms with Crippen LogP contribution in [-0.4, -0.2) is 46.1 Å². The van der Waals surface area contributed by atoms with Gasteiger partial charge < -0.3 is 19.9 Å². The van der Waals surface area contributed by atoms with Gasteiger partial charge in [-0.2, -0.15) is 5.10 Å². The molecule has 2 heterocycles. The normalized spacial score (nSPS) is 14.9. The van der Waals surface area contributed by atoms with E-state index in [1.165, 1.54) is 17.1 Å². The largest absolute Gasteiger partial charge is 0.490 e. The number of ether oxygens (including phenoxy) is 2. The van der Waals surface area contributed by atoms with Crippen LogP contribution >= 0.6 is 0 Å². The summed E-state index contributed by atoms with van der Waals surface area (Å²) in [5, 5.41) is 15.3. The zero-order valence-electron chi connectivity index (χ0n) is 13.6. The Morgan fingerprint density at radius 2 is 2.00 bits per heavy atom. The molecule has 0 atom stereocenters. The molecule has 25 heavy (non-hydrogen) atoms. The lowest BCUT2D eigenvalue weighted by Crippen LogP contribution is -2.25. The lowest BCUT2D eigenvalue weighted by molar-refractivity contribution is -0.137. The van der Waals surface area contributed by atoms with Gasteiger partial charge in [-0.3, -0.25) is 14.3 Å². The summed E-state index contributed by atoms with van der Waals surface area (Å²) in [7, 11) is 0. The highest BCUT2D eigenvalue weighted by Crippen LogP contribution is 2.19. The average molecular weight is 345 g/mol. The highest BCUT2D eigenvalue weighted by molar-refractivity contribution is 6.04. The third-order valence-corrected chi connectivity index (χ3v) is 3.78. The maximum absolute atomic E-state index is 12.2. The Kier molecular flexibility index (Phi) is 5.30. The minimum atomic E-state index is -0.999. The molecule has 0 aliphatic carbocycles. The van der Waals surface area contributed by atoms with Crippen molar-refractivity contribution >= 4 is 17.6 Å². The van der Waals surface area contributed by atoms with Crippen molar-refractivity contribution in [3.63, 3.8) is 0 Å². The fourth-order valence-electron chi connectivity index (χ4n) is 2.53. The predicted molar refractivity (Wildman–Crippen MR) is 88.7 cm³/mol. The van der Waals surface area contributed by atoms with Gasteiger partial charge in [0, 0.05) is 24.6 Å². The number of aliphatic carboxylic acids is 1. The smallest absolute Gasteiger partial charge is 0.325 e. The van der Waals surface area contributed by atoms with Crippen LogP contribution in [0.1, 0.15) is 23.2 Å². The van der Waals surface area contributed by atoms with Gasteiger partial charge in [-0.1, -0.05) is 0 Å². The molecule has 0 unspecified atom stereocenters. The second kappa shape index (κ2) is 7.80. The summed E-state index contributed by atoms with van der Waals surface area (Å²) in [5.74, 6) is -0.577. The van der Waals surface area contributed by atoms with Crippen LogP contribution in [0.4, 0.5) is 5.69 Å². The molecule has 1 aromatic carbocycles. The third-order valence-electron chi connectivity index (χ3n) is 3.78. The van der Waals surface area contributed by atoms with Crippen LogP contribution in [0.3, 0.4) is 0 Å². The lowest BCUT2D eigenvalue weighted by atomic mass is 10.1. The standard InChI is InChI=1S/C17H19N3O5/c21-16(22)11-20-10-13(9-18-20)19-17(23)12-1-3-14(4-2-12)25-15-5-7-24-8-6-15/h1-4,9-10,15H,5-8,11H2,(H,19,23)(H,21,22). The van der Waals surface area contributed by atoms with Crippen molar-refractivity contribution in [2.45, 2.75) is 25.5 Å². The molecule has 1 aliphatic rings. The number of carboxylic acids is 1. The van der Waals surface area contributed by atoms with Crippen LogP contribution in [-0.2, 0) is 16.1 Å². The van der Waals surface area contributed by atoms with E-state index in [9.17, 15) is 9.59 Å². The molecular weight excluding hydrogens is 326 g/mol. The van der Waals surface area contributed by atoms with Crippen LogP contribution in [0, 0.1) is 0 Å². The van der Waals surface area contributed by atoms with Gasteiger partial charge in [-0.25, -0.2) is 0 Å². The van der Waals surface area contributed by atoms with Gasteiger partial charge in [0.1, 0.15) is 18.4 Å². The van der Waals surface area contributed by atoms with Crippen LogP contribution in [0.15, 0.2) is 36.7 Å². The molecule has 3 rings (SSSR count). The van der Waals surface area contributed by atoms with Crippen LogP contribution in [0.25, 0.3) is 0 Å². The number of nitrogens with zero attached hydrogens (tertiary/aromatic N) is 2. The number of hydrogen-bond acceptors (Lipinski definition) is 5. The Morgan fingerprint density at radius 1 is 1.28 bits per heavy atom. The van der Waals surface area contributed by atoms with E-state index in [-0.39, 0.29) is 18.6 Å². The summed E-state index contributed by atoms with van der Waals surface area (Å²) in [5.41, 5.74) is 0.916. The summed E-state index contributed by atoms with van der Waals surface area (Å²) >= 11 is 0. The van der Waals surface area contributed by atoms with Crippen molar-refractivity contribution in [2.24, 2.45) is 0 Å². The SMILES string of the molecule is O=C(O)Cn1cc(NC(=O)c2ccc(OC3CCOCC3)cc2)cn1. The van der Waals surface area contributed by atoms with Crippen molar-refractivity contribution in [2.75, 3.05) is 18.5 Å². The van der Waals surface area contributed by atoms with Crippen molar-refractivity contribution < 1.29 is 24.2 Å². The molecule has 8 nitrogen and oxygen atoms in total. The maximum atomic E-state index is 12.2. The van der Waals surface area contributed by atoms with Crippen molar-refractivity contribution in [1.29, 1.82) is 0 Å². The quantitative estimate of drug-likeness (QED) is 0.827. The zero-order valence-corrected chi connectivity index (χ0v) is 13.6. The van der Waals surface area contributed by atoms with Crippen molar-refractivity contribution in [3.8, 4) is 5.75 Å². The number of aromatic nitrogens is 2. The molecule has 8 heteroatoms. The monoisotopic (exact) mass is 345 g/mol. The number of carboxylic acid groups (broad SMARTS) is 1. The summed E-state index contributed by atoms with van der Waals surface area (Å²) in [4.78, 5) is 22.9. The van der Waals surface area contributed by atoms with E-state index in [4.69, 9.17) is 14.6 Å². The summed E-state index contributed by atoms with van der Waals surface area (Å²) < 4.78 is 12.4. The summed E-state index contributed by atoms with van der Waals surface area (Å²) in [6.07, 6.45) is 4.75. The predicted octanol–water partition coefficient (Wildman–Crippen LogP) is 1.78. The van der Waals surface area contributed by atoms with E-state index in [2.05, 4.69) is 10.4 Å². The molecule has 0 saturated carbocycles. The first-order chi connectivity index (χ1) is 12.1. The van der Waals surface area contributed by atoms with E-state index in [0.717, 1.165) is 18.6 Å². The first-order valence-electron chi connectivity index (χ1n) is 8.00. The second-order valence-corrected chi connectivity index (χ2v) is 5.73. The molecule has 0 spiro atoms. The Bertz CT molecular complexity index is 735. The van der Waals surface area contributed by atoms with E-state index in [1.807, 2.05) is 0 Å². The van der Waals surface area contributed by atoms with E-state index >= 15 is 0 Å². The van der Waals surface area contributed by atoms with Crippen LogP contribution < -0.4 is 10.1 Å². The van der Waals surface area contributed by atoms with Gasteiger partial charge in [0.05, 0.1) is 25.1 Å². The first-order valence-corrected chi connectivity index (χ1v) is 8.00. The molecular formula is C17H19N3O5. The fourth-order valence-corrected chi connectivity index (χ4v) is 2.53. The zero-order chi connectivity index (χ0) is 17.6. The second-order valence-electron chi connectivity index (χ2n) is 5.73. The molecule has 1 aliphatic heterocycles. The lowest BCUT2D eigenvalue weighted by Gasteiger charge is -2.23. The molecule has 1 saturated heterocycles. The van der Waals surface area contributed by atoms with Gasteiger partial charge >= 0.3 is 5.97 Å². The number of nitrogens with one attached hydrogen (secondary N) is 1. The highest BCUT2D eigenvalue weighted by atomic mass is 16.5. The fraction of sp³-hybridized carbons (Fsp3) is 0.353. The topological polar surface area (TPSA) is 103 Å². The number of carbonyl (C=O) groups excluding carboxylic acids is 1. The Labute approximate surface area is 144 Å². The molecule has 1 fully saturated rings. The Morgan fingerprint density at radius 3 is 2.68 bits per heavy atom. The number of amides is 1. The average Bonchev–Trinajstić information content (AvgIpc) is 3.02. The molecule has 1 aromatic heterocycles. The highest BCUT2D eigenvalue weighted by Gasteiger charge is 2.15. The van der Waals surface area contributed by atoms with E-state index in [0.29, 0.717) is 24.5 Å². The first kappa shape index (κ1) is 17.0. The maximum Gasteiger partial charge on any atom is 0.325 e. The van der Waals surface area contributed by atoms with Gasteiger partial charge in [0.2, 0.25) is 0 Å². The molecule has 0 radical (unpaired) electrons. The van der Waals surface area contributed by atoms with Crippen molar-refractivity contribution in [1.82, 2.24) is 9.78 Å². The van der Waals surface area contributed by atoms with Gasteiger partial charge in [0.25, 0.3) is 5.91 Å². The van der Waals surface area contributed by atoms with E-state index < -0.39 is 5.97 Å². The van der Waals surface area contributed by atoms with E-state index in [1.54, 1.807) is 24.3 Å². The Balaban J connectivity index is 1.56. The number of rotatable bonds is 6. The van der Waals surface area contributed by atoms with Crippen LogP contribution in [0.5, 0.6) is 5.75 Å². The number of anilines is 1. The minimum absolute atomic E-state index is 0.147. The number of hydrogen-bond donors (Lipinski definition) is 2. The number of carbonyl (C=O) groups is 2. The number of benzene rings is 1. The summed E-state index contributed by atoms with van der Waals surface area (Å²) in [6, 6.07) is 6.90. The van der Waals surface area contributed by atoms with Gasteiger partial charge in [-0.15, -0.1) is 0 Å². The summed E-state index contributed by atoms with van der Waals surface area (Å²) in [6.45, 7) is 1.16. The van der Waals surface area contributed by atoms with Gasteiger partial charge in [-0.05, 0) is 24.3 Å². The Hall–Kier alpha value is -2.87.